The van der Waals surface area contributed by atoms with Crippen LogP contribution in [0, 0.1) is 0 Å². The van der Waals surface area contributed by atoms with E-state index in [2.05, 4.69) is 21.8 Å². The first-order valence-electron chi connectivity index (χ1n) is 8.90. The Hall–Kier alpha value is -1.01. The second-order valence-corrected chi connectivity index (χ2v) is 8.63. The van der Waals surface area contributed by atoms with Crippen LogP contribution in [0.15, 0.2) is 12.3 Å². The highest BCUT2D eigenvalue weighted by Crippen LogP contribution is 2.47. The van der Waals surface area contributed by atoms with Gasteiger partial charge in [-0.15, -0.1) is 11.8 Å². The molecule has 1 aromatic heterocycles. The van der Waals surface area contributed by atoms with E-state index in [0.717, 1.165) is 31.4 Å². The Kier molecular flexibility index (Phi) is 4.13. The molecule has 5 nitrogen and oxygen atoms in total. The number of hydrogen-bond donors (Lipinski definition) is 0. The predicted molar refractivity (Wildman–Crippen MR) is 92.8 cm³/mol. The summed E-state index contributed by atoms with van der Waals surface area (Å²) in [5.74, 6) is 1.39. The zero-order valence-corrected chi connectivity index (χ0v) is 14.7. The van der Waals surface area contributed by atoms with Crippen molar-refractivity contribution in [1.82, 2.24) is 19.6 Å². The minimum absolute atomic E-state index is 0.150. The number of piperidine rings is 1. The van der Waals surface area contributed by atoms with Gasteiger partial charge in [0.05, 0.1) is 4.75 Å². The first-order valence-corrected chi connectivity index (χ1v) is 9.88. The van der Waals surface area contributed by atoms with Crippen LogP contribution in [0.2, 0.25) is 0 Å². The number of thioether (sulfide) groups is 1. The van der Waals surface area contributed by atoms with Gasteiger partial charge in [0.1, 0.15) is 5.69 Å². The van der Waals surface area contributed by atoms with Gasteiger partial charge in [-0.05, 0) is 45.3 Å². The molecule has 0 aliphatic carbocycles. The van der Waals surface area contributed by atoms with E-state index in [1.54, 1.807) is 10.9 Å². The summed E-state index contributed by atoms with van der Waals surface area (Å²) in [6.45, 7) is 7.15. The maximum Gasteiger partial charge on any atom is 0.272 e. The standard InChI is InChI=1S/C17H26N4OS/c1-2-21-15(6-7-18-21)16(22)20-12-17(13-20)10-14(11-23-17)19-8-4-3-5-9-19/h6-7,14H,2-5,8-13H2,1H3. The van der Waals surface area contributed by atoms with Crippen molar-refractivity contribution >= 4 is 17.7 Å². The fourth-order valence-electron chi connectivity index (χ4n) is 4.28. The van der Waals surface area contributed by atoms with Crippen LogP contribution in [0.1, 0.15) is 43.1 Å². The summed E-state index contributed by atoms with van der Waals surface area (Å²) in [4.78, 5) is 17.3. The molecule has 4 rings (SSSR count). The fourth-order valence-corrected chi connectivity index (χ4v) is 5.96. The lowest BCUT2D eigenvalue weighted by Crippen LogP contribution is -2.61. The molecule has 4 heterocycles. The number of carbonyl (C=O) groups is 1. The van der Waals surface area contributed by atoms with Gasteiger partial charge < -0.3 is 4.90 Å². The number of aryl methyl sites for hydroxylation is 1. The van der Waals surface area contributed by atoms with Gasteiger partial charge in [0.2, 0.25) is 0 Å². The zero-order valence-electron chi connectivity index (χ0n) is 13.9. The molecule has 0 bridgehead atoms. The van der Waals surface area contributed by atoms with Crippen LogP contribution in [0.25, 0.3) is 0 Å². The Morgan fingerprint density at radius 2 is 2.13 bits per heavy atom. The Morgan fingerprint density at radius 1 is 1.35 bits per heavy atom. The van der Waals surface area contributed by atoms with E-state index in [0.29, 0.717) is 4.75 Å². The maximum atomic E-state index is 12.6. The van der Waals surface area contributed by atoms with E-state index in [1.165, 1.54) is 44.5 Å². The Labute approximate surface area is 142 Å². The maximum absolute atomic E-state index is 12.6. The Balaban J connectivity index is 1.35. The molecule has 6 heteroatoms. The summed E-state index contributed by atoms with van der Waals surface area (Å²) < 4.78 is 2.13. The van der Waals surface area contributed by atoms with Crippen molar-refractivity contribution in [2.45, 2.75) is 49.9 Å². The molecule has 1 aromatic rings. The third-order valence-electron chi connectivity index (χ3n) is 5.58. The van der Waals surface area contributed by atoms with Crippen molar-refractivity contribution in [2.75, 3.05) is 31.9 Å². The average Bonchev–Trinajstić information content (AvgIpc) is 3.20. The lowest BCUT2D eigenvalue weighted by atomic mass is 9.90. The van der Waals surface area contributed by atoms with Crippen LogP contribution < -0.4 is 0 Å². The van der Waals surface area contributed by atoms with Crippen molar-refractivity contribution in [3.05, 3.63) is 18.0 Å². The van der Waals surface area contributed by atoms with Crippen LogP contribution in [-0.2, 0) is 6.54 Å². The molecule has 1 atom stereocenters. The summed E-state index contributed by atoms with van der Waals surface area (Å²) in [7, 11) is 0. The van der Waals surface area contributed by atoms with Crippen molar-refractivity contribution in [3.63, 3.8) is 0 Å². The third-order valence-corrected chi connectivity index (χ3v) is 7.17. The van der Waals surface area contributed by atoms with Gasteiger partial charge >= 0.3 is 0 Å². The number of amides is 1. The molecular formula is C17H26N4OS. The number of aromatic nitrogens is 2. The van der Waals surface area contributed by atoms with E-state index in [9.17, 15) is 4.79 Å². The molecule has 3 aliphatic rings. The van der Waals surface area contributed by atoms with Crippen molar-refractivity contribution in [3.8, 4) is 0 Å². The lowest BCUT2D eigenvalue weighted by molar-refractivity contribution is 0.0506. The first kappa shape index (κ1) is 15.5. The molecule has 3 saturated heterocycles. The van der Waals surface area contributed by atoms with Crippen LogP contribution in [0.3, 0.4) is 0 Å². The van der Waals surface area contributed by atoms with Crippen LogP contribution in [-0.4, -0.2) is 68.2 Å². The summed E-state index contributed by atoms with van der Waals surface area (Å²) >= 11 is 2.10. The molecule has 1 spiro atoms. The summed E-state index contributed by atoms with van der Waals surface area (Å²) in [5.41, 5.74) is 0.734. The minimum atomic E-state index is 0.150. The SMILES string of the molecule is CCn1nccc1C(=O)N1CC2(CC(N3CCCCC3)CS2)C1. The van der Waals surface area contributed by atoms with E-state index >= 15 is 0 Å². The molecule has 23 heavy (non-hydrogen) atoms. The molecular weight excluding hydrogens is 308 g/mol. The normalized spacial score (nSPS) is 27.3. The molecule has 0 N–H and O–H groups in total. The summed E-state index contributed by atoms with van der Waals surface area (Å²) in [6.07, 6.45) is 7.10. The van der Waals surface area contributed by atoms with Gasteiger partial charge in [-0.2, -0.15) is 5.10 Å². The molecule has 0 saturated carbocycles. The highest BCUT2D eigenvalue weighted by Gasteiger charge is 2.51. The van der Waals surface area contributed by atoms with Crippen molar-refractivity contribution in [2.24, 2.45) is 0 Å². The molecule has 126 valence electrons. The van der Waals surface area contributed by atoms with Gasteiger partial charge in [-0.1, -0.05) is 6.42 Å². The summed E-state index contributed by atoms with van der Waals surface area (Å²) in [5, 5.41) is 4.22. The molecule has 1 unspecified atom stereocenters. The van der Waals surface area contributed by atoms with E-state index < -0.39 is 0 Å². The monoisotopic (exact) mass is 334 g/mol. The number of nitrogens with zero attached hydrogens (tertiary/aromatic N) is 4. The number of hydrogen-bond acceptors (Lipinski definition) is 4. The summed E-state index contributed by atoms with van der Waals surface area (Å²) in [6, 6.07) is 2.58. The average molecular weight is 334 g/mol. The van der Waals surface area contributed by atoms with Crippen LogP contribution in [0.5, 0.6) is 0 Å². The zero-order chi connectivity index (χ0) is 15.9. The van der Waals surface area contributed by atoms with E-state index in [-0.39, 0.29) is 5.91 Å². The Bertz CT molecular complexity index is 575. The molecule has 3 fully saturated rings. The largest absolute Gasteiger partial charge is 0.334 e. The highest BCUT2D eigenvalue weighted by atomic mass is 32.2. The van der Waals surface area contributed by atoms with E-state index in [4.69, 9.17) is 0 Å². The second-order valence-electron chi connectivity index (χ2n) is 7.14. The Morgan fingerprint density at radius 3 is 2.87 bits per heavy atom. The lowest BCUT2D eigenvalue weighted by Gasteiger charge is -2.47. The highest BCUT2D eigenvalue weighted by molar-refractivity contribution is 8.01. The molecule has 3 aliphatic heterocycles. The second kappa shape index (κ2) is 6.13. The van der Waals surface area contributed by atoms with Gasteiger partial charge in [0.25, 0.3) is 5.91 Å². The smallest absolute Gasteiger partial charge is 0.272 e. The van der Waals surface area contributed by atoms with Crippen molar-refractivity contribution < 1.29 is 4.79 Å². The number of carbonyl (C=O) groups excluding carboxylic acids is 1. The van der Waals surface area contributed by atoms with E-state index in [1.807, 2.05) is 17.9 Å². The van der Waals surface area contributed by atoms with Gasteiger partial charge in [0.15, 0.2) is 0 Å². The quantitative estimate of drug-likeness (QED) is 0.849. The van der Waals surface area contributed by atoms with Gasteiger partial charge in [0, 0.05) is 37.6 Å². The molecule has 0 radical (unpaired) electrons. The number of rotatable bonds is 3. The predicted octanol–water partition coefficient (Wildman–Crippen LogP) is 2.09. The molecule has 0 aromatic carbocycles. The number of likely N-dealkylation sites (tertiary alicyclic amines) is 2. The van der Waals surface area contributed by atoms with Gasteiger partial charge in [-0.3, -0.25) is 14.4 Å². The topological polar surface area (TPSA) is 41.4 Å². The molecule has 1 amide bonds. The third kappa shape index (κ3) is 2.80. The van der Waals surface area contributed by atoms with Crippen LogP contribution >= 0.6 is 11.8 Å². The minimum Gasteiger partial charge on any atom is -0.334 e. The first-order chi connectivity index (χ1) is 11.2. The van der Waals surface area contributed by atoms with Gasteiger partial charge in [-0.25, -0.2) is 0 Å². The van der Waals surface area contributed by atoms with Crippen molar-refractivity contribution in [1.29, 1.82) is 0 Å². The van der Waals surface area contributed by atoms with Crippen LogP contribution in [0.4, 0.5) is 0 Å². The fraction of sp³-hybridized carbons (Fsp3) is 0.765.